The van der Waals surface area contributed by atoms with Crippen LogP contribution in [0.2, 0.25) is 0 Å². The van der Waals surface area contributed by atoms with Gasteiger partial charge in [-0.15, -0.1) is 10.2 Å². The molecule has 2 heterocycles. The minimum absolute atomic E-state index is 0.0126. The van der Waals surface area contributed by atoms with Gasteiger partial charge in [0.15, 0.2) is 11.4 Å². The first-order chi connectivity index (χ1) is 18.7. The number of nitrogens with zero attached hydrogens (tertiary/aromatic N) is 3. The van der Waals surface area contributed by atoms with Gasteiger partial charge in [-0.2, -0.15) is 9.55 Å². The quantitative estimate of drug-likeness (QED) is 0.208. The monoisotopic (exact) mass is 588 g/mol. The van der Waals surface area contributed by atoms with E-state index in [0.29, 0.717) is 11.5 Å². The number of amides is 1. The first-order valence-electron chi connectivity index (χ1n) is 11.4. The number of hydrogen-bond donors (Lipinski definition) is 3. The zero-order valence-electron chi connectivity index (χ0n) is 21.3. The molecule has 0 aliphatic carbocycles. The maximum Gasteiger partial charge on any atom is 0.292 e. The molecule has 0 fully saturated rings. The summed E-state index contributed by atoms with van der Waals surface area (Å²) in [6.07, 6.45) is 1.52. The molecule has 2 aromatic carbocycles. The third-order valence-corrected chi connectivity index (χ3v) is 6.28. The summed E-state index contributed by atoms with van der Waals surface area (Å²) in [5.41, 5.74) is 4.73. The van der Waals surface area contributed by atoms with Gasteiger partial charge >= 0.3 is 0 Å². The van der Waals surface area contributed by atoms with E-state index < -0.39 is 20.3 Å². The second-order valence-electron chi connectivity index (χ2n) is 8.36. The van der Waals surface area contributed by atoms with Gasteiger partial charge in [0.25, 0.3) is 5.91 Å². The van der Waals surface area contributed by atoms with Crippen molar-refractivity contribution in [3.63, 3.8) is 0 Å². The number of primary sulfonamides is 1. The van der Waals surface area contributed by atoms with Crippen LogP contribution in [0.1, 0.15) is 11.4 Å². The average Bonchev–Trinajstić information content (AvgIpc) is 2.86. The van der Waals surface area contributed by atoms with E-state index in [-0.39, 0.29) is 23.3 Å². The summed E-state index contributed by atoms with van der Waals surface area (Å²) in [6.45, 7) is 4.05. The molecule has 4 N–H and O–H groups in total. The smallest absolute Gasteiger partial charge is 0.292 e. The predicted molar refractivity (Wildman–Crippen MR) is 133 cm³/mol. The van der Waals surface area contributed by atoms with Gasteiger partial charge in [-0.3, -0.25) is 10.1 Å². The van der Waals surface area contributed by atoms with Gasteiger partial charge in [-0.05, 0) is 41.5 Å². The summed E-state index contributed by atoms with van der Waals surface area (Å²) in [5.74, 6) is 0.326. The van der Waals surface area contributed by atoms with Crippen molar-refractivity contribution in [3.05, 3.63) is 90.4 Å². The molecule has 0 saturated heterocycles. The largest absolute Gasteiger partial charge is 0.340 e. The van der Waals surface area contributed by atoms with Crippen LogP contribution in [-0.4, -0.2) is 24.3 Å². The summed E-state index contributed by atoms with van der Waals surface area (Å²) in [7, 11) is -8.71. The van der Waals surface area contributed by atoms with Crippen LogP contribution >= 0.6 is 0 Å². The van der Waals surface area contributed by atoms with Gasteiger partial charge < -0.3 is 5.32 Å². The minimum atomic E-state index is -4.94. The Kier molecular flexibility index (Phi) is 9.83. The Labute approximate surface area is 232 Å². The SMILES string of the molecule is Cc1cc(-c2ccccc2)cc(C)[n+]1CC(=O)Nc1nccc(Nc2ccc(S(N)(=O)=O)cc2)n1.[O-][Cl+3]([O-])([O-])[O-]. The van der Waals surface area contributed by atoms with E-state index in [2.05, 4.69) is 44.9 Å². The molecule has 0 spiro atoms. The molecular formula is C25H25ClN6O7S. The third-order valence-electron chi connectivity index (χ3n) is 5.35. The molecule has 0 atom stereocenters. The number of pyridine rings is 1. The van der Waals surface area contributed by atoms with Crippen LogP contribution in [0.15, 0.2) is 83.9 Å². The fraction of sp³-hybridized carbons (Fsp3) is 0.120. The summed E-state index contributed by atoms with van der Waals surface area (Å²) in [6, 6.07) is 21.8. The van der Waals surface area contributed by atoms with Gasteiger partial charge in [0.1, 0.15) is 5.82 Å². The van der Waals surface area contributed by atoms with E-state index in [1.165, 1.54) is 18.3 Å². The number of carbonyl (C=O) groups is 1. The van der Waals surface area contributed by atoms with Crippen molar-refractivity contribution in [2.24, 2.45) is 5.14 Å². The number of aromatic nitrogens is 3. The molecule has 15 heteroatoms. The lowest BCUT2D eigenvalue weighted by Crippen LogP contribution is -2.68. The van der Waals surface area contributed by atoms with Crippen LogP contribution in [0.4, 0.5) is 17.5 Å². The van der Waals surface area contributed by atoms with E-state index in [9.17, 15) is 13.2 Å². The van der Waals surface area contributed by atoms with Crippen molar-refractivity contribution in [2.45, 2.75) is 25.3 Å². The normalized spacial score (nSPS) is 11.3. The first kappa shape index (κ1) is 30.5. The average molecular weight is 589 g/mol. The van der Waals surface area contributed by atoms with E-state index >= 15 is 0 Å². The fourth-order valence-electron chi connectivity index (χ4n) is 3.64. The van der Waals surface area contributed by atoms with Crippen LogP contribution in [0.3, 0.4) is 0 Å². The van der Waals surface area contributed by atoms with Crippen LogP contribution < -0.4 is 39.0 Å². The Morgan fingerprint density at radius 1 is 0.925 bits per heavy atom. The number of nitrogens with two attached hydrogens (primary N) is 1. The van der Waals surface area contributed by atoms with Crippen LogP contribution in [0.25, 0.3) is 11.1 Å². The topological polar surface area (TPSA) is 223 Å². The maximum absolute atomic E-state index is 12.7. The zero-order valence-corrected chi connectivity index (χ0v) is 22.8. The first-order valence-corrected chi connectivity index (χ1v) is 14.2. The van der Waals surface area contributed by atoms with Crippen molar-refractivity contribution in [2.75, 3.05) is 10.6 Å². The molecule has 2 aromatic heterocycles. The molecule has 0 saturated carbocycles. The fourth-order valence-corrected chi connectivity index (χ4v) is 4.16. The number of halogens is 1. The van der Waals surface area contributed by atoms with Gasteiger partial charge in [0.2, 0.25) is 22.5 Å². The van der Waals surface area contributed by atoms with Crippen LogP contribution in [-0.2, 0) is 21.4 Å². The lowest BCUT2D eigenvalue weighted by atomic mass is 10.0. The number of hydrogen-bond acceptors (Lipinski definition) is 10. The number of aryl methyl sites for hydroxylation is 2. The Hall–Kier alpha value is -4.02. The molecular weight excluding hydrogens is 564 g/mol. The highest BCUT2D eigenvalue weighted by atomic mass is 35.7. The lowest BCUT2D eigenvalue weighted by molar-refractivity contribution is -2.00. The Bertz CT molecular complexity index is 1550. The van der Waals surface area contributed by atoms with Crippen molar-refractivity contribution in [1.82, 2.24) is 9.97 Å². The second kappa shape index (κ2) is 12.9. The second-order valence-corrected chi connectivity index (χ2v) is 10.7. The molecule has 0 aliphatic heterocycles. The zero-order chi connectivity index (χ0) is 29.5. The molecule has 0 radical (unpaired) electrons. The molecule has 40 heavy (non-hydrogen) atoms. The summed E-state index contributed by atoms with van der Waals surface area (Å²) < 4.78 is 58.7. The number of nitrogens with one attached hydrogen (secondary N) is 2. The van der Waals surface area contributed by atoms with Gasteiger partial charge in [0.05, 0.1) is 4.90 Å². The third kappa shape index (κ3) is 9.62. The summed E-state index contributed by atoms with van der Waals surface area (Å²) in [5, 5.41) is 10.9. The molecule has 0 unspecified atom stereocenters. The predicted octanol–water partition coefficient (Wildman–Crippen LogP) is -1.68. The van der Waals surface area contributed by atoms with Gasteiger partial charge in [-0.25, -0.2) is 37.2 Å². The van der Waals surface area contributed by atoms with Crippen molar-refractivity contribution >= 4 is 33.4 Å². The van der Waals surface area contributed by atoms with Gasteiger partial charge in [-0.1, -0.05) is 30.3 Å². The lowest BCUT2D eigenvalue weighted by Gasteiger charge is -2.17. The summed E-state index contributed by atoms with van der Waals surface area (Å²) >= 11 is 0. The van der Waals surface area contributed by atoms with E-state index in [1.807, 2.05) is 36.6 Å². The minimum Gasteiger partial charge on any atom is -0.340 e. The molecule has 0 bridgehead atoms. The highest BCUT2D eigenvalue weighted by Gasteiger charge is 2.18. The molecule has 1 amide bonds. The number of carbonyl (C=O) groups excluding carboxylic acids is 1. The van der Waals surface area contributed by atoms with Crippen molar-refractivity contribution in [3.8, 4) is 11.1 Å². The van der Waals surface area contributed by atoms with E-state index in [0.717, 1.165) is 22.5 Å². The van der Waals surface area contributed by atoms with Crippen LogP contribution in [0, 0.1) is 24.1 Å². The van der Waals surface area contributed by atoms with Crippen molar-refractivity contribution in [1.29, 1.82) is 0 Å². The van der Waals surface area contributed by atoms with Crippen LogP contribution in [0.5, 0.6) is 0 Å². The molecule has 210 valence electrons. The highest BCUT2D eigenvalue weighted by molar-refractivity contribution is 7.89. The number of benzene rings is 2. The number of rotatable bonds is 7. The standard InChI is InChI=1S/C25H24N6O3S.ClHO4/c1-17-14-20(19-6-4-3-5-7-19)15-18(2)31(17)16-24(32)30-25-27-13-12-23(29-25)28-21-8-10-22(11-9-21)35(26,33)34;2-1(3,4)5/h3-15H,16H2,1-2H3,(H3-,26,27,28,29,30,32,33,34);(H,2,3,4,5). The highest BCUT2D eigenvalue weighted by Crippen LogP contribution is 2.20. The van der Waals surface area contributed by atoms with Gasteiger partial charge in [0, 0.05) is 37.9 Å². The summed E-state index contributed by atoms with van der Waals surface area (Å²) in [4.78, 5) is 21.2. The number of sulfonamides is 1. The molecule has 13 nitrogen and oxygen atoms in total. The Morgan fingerprint density at radius 2 is 1.50 bits per heavy atom. The Morgan fingerprint density at radius 3 is 2.05 bits per heavy atom. The molecule has 0 aliphatic rings. The maximum atomic E-state index is 12.7. The van der Waals surface area contributed by atoms with E-state index in [4.69, 9.17) is 23.8 Å². The molecule has 4 aromatic rings. The van der Waals surface area contributed by atoms with Crippen molar-refractivity contribution < 1.29 is 46.7 Å². The number of anilines is 3. The van der Waals surface area contributed by atoms with E-state index in [1.54, 1.807) is 18.2 Å². The molecule has 4 rings (SSSR count). The Balaban J connectivity index is 0.000000810.